The first-order valence-corrected chi connectivity index (χ1v) is 24.7. The summed E-state index contributed by atoms with van der Waals surface area (Å²) in [6.07, 6.45) is 0. The van der Waals surface area contributed by atoms with Crippen molar-refractivity contribution >= 4 is 88.2 Å². The van der Waals surface area contributed by atoms with Gasteiger partial charge in [0.1, 0.15) is 0 Å². The maximum atomic E-state index is 2.44. The molecule has 320 valence electrons. The number of hydrogen-bond donors (Lipinski definition) is 0. The molecule has 0 saturated carbocycles. The van der Waals surface area contributed by atoms with E-state index >= 15 is 0 Å². The summed E-state index contributed by atoms with van der Waals surface area (Å²) in [7, 11) is 0. The molecule has 0 spiro atoms. The van der Waals surface area contributed by atoms with Crippen LogP contribution in [-0.4, -0.2) is 0 Å². The van der Waals surface area contributed by atoms with Crippen molar-refractivity contribution in [2.45, 2.75) is 9.79 Å². The highest BCUT2D eigenvalue weighted by Crippen LogP contribution is 2.54. The maximum Gasteiger partial charge on any atom is 0.0603 e. The lowest BCUT2D eigenvalue weighted by molar-refractivity contribution is 1.16. The summed E-state index contributed by atoms with van der Waals surface area (Å²) < 4.78 is 2.67. The Labute approximate surface area is 404 Å². The van der Waals surface area contributed by atoms with Gasteiger partial charge in [-0.2, -0.15) is 0 Å². The first-order valence-electron chi connectivity index (χ1n) is 23.1. The second-order valence-electron chi connectivity index (χ2n) is 17.3. The molecule has 13 rings (SSSR count). The van der Waals surface area contributed by atoms with E-state index in [1.54, 1.807) is 0 Å². The van der Waals surface area contributed by atoms with E-state index in [1.165, 1.54) is 90.9 Å². The Hall–Kier alpha value is -8.15. The van der Waals surface area contributed by atoms with Crippen molar-refractivity contribution < 1.29 is 0 Å². The van der Waals surface area contributed by atoms with Crippen LogP contribution in [0.2, 0.25) is 0 Å². The first-order chi connectivity index (χ1) is 33.7. The number of para-hydroxylation sites is 1. The van der Waals surface area contributed by atoms with Crippen molar-refractivity contribution in [3.63, 3.8) is 0 Å². The van der Waals surface area contributed by atoms with E-state index in [-0.39, 0.29) is 0 Å². The van der Waals surface area contributed by atoms with E-state index in [1.807, 2.05) is 23.1 Å². The number of rotatable bonds is 8. The van der Waals surface area contributed by atoms with Gasteiger partial charge in [-0.15, -0.1) is 11.3 Å². The highest BCUT2D eigenvalue weighted by Gasteiger charge is 2.27. The number of thiophene rings is 1. The summed E-state index contributed by atoms with van der Waals surface area (Å²) in [5.74, 6) is 0. The quantitative estimate of drug-likeness (QED) is 0.150. The van der Waals surface area contributed by atoms with Crippen molar-refractivity contribution in [2.75, 3.05) is 9.80 Å². The minimum atomic E-state index is 1.11. The van der Waals surface area contributed by atoms with Crippen LogP contribution in [0.1, 0.15) is 0 Å². The lowest BCUT2D eigenvalue weighted by Gasteiger charge is -2.35. The Kier molecular flexibility index (Phi) is 10.00. The Balaban J connectivity index is 0.887. The molecule has 0 unspecified atom stereocenters. The van der Waals surface area contributed by atoms with E-state index in [4.69, 9.17) is 0 Å². The summed E-state index contributed by atoms with van der Waals surface area (Å²) in [6.45, 7) is 0. The molecule has 2 nitrogen and oxygen atoms in total. The molecule has 0 N–H and O–H groups in total. The van der Waals surface area contributed by atoms with Crippen LogP contribution in [0.5, 0.6) is 0 Å². The zero-order valence-electron chi connectivity index (χ0n) is 37.0. The molecule has 0 bridgehead atoms. The number of fused-ring (bicyclic) bond motifs is 6. The third-order valence-electron chi connectivity index (χ3n) is 13.3. The second-order valence-corrected chi connectivity index (χ2v) is 19.4. The van der Waals surface area contributed by atoms with Gasteiger partial charge in [0.25, 0.3) is 0 Å². The molecule has 1 aromatic heterocycles. The number of benzene rings is 11. The fourth-order valence-electron chi connectivity index (χ4n) is 9.91. The minimum absolute atomic E-state index is 1.11. The van der Waals surface area contributed by atoms with E-state index < -0.39 is 0 Å². The molecule has 12 aromatic rings. The molecule has 0 fully saturated rings. The third-order valence-corrected chi connectivity index (χ3v) is 15.6. The molecule has 0 aliphatic carbocycles. The van der Waals surface area contributed by atoms with Crippen LogP contribution >= 0.6 is 23.1 Å². The topological polar surface area (TPSA) is 6.48 Å². The number of anilines is 6. The van der Waals surface area contributed by atoms with Gasteiger partial charge < -0.3 is 9.80 Å². The predicted octanol–water partition coefficient (Wildman–Crippen LogP) is 19.3. The Morgan fingerprint density at radius 2 is 0.868 bits per heavy atom. The first kappa shape index (κ1) is 40.2. The van der Waals surface area contributed by atoms with Crippen molar-refractivity contribution in [1.29, 1.82) is 0 Å². The van der Waals surface area contributed by atoms with Crippen molar-refractivity contribution in [3.8, 4) is 44.5 Å². The summed E-state index contributed by atoms with van der Waals surface area (Å²) in [4.78, 5) is 7.25. The Bertz CT molecular complexity index is 3800. The lowest BCUT2D eigenvalue weighted by Crippen LogP contribution is -2.16. The van der Waals surface area contributed by atoms with Gasteiger partial charge in [-0.05, 0) is 117 Å². The zero-order valence-corrected chi connectivity index (χ0v) is 38.6. The van der Waals surface area contributed by atoms with Gasteiger partial charge in [-0.1, -0.05) is 200 Å². The number of nitrogens with zero attached hydrogens (tertiary/aromatic N) is 2. The van der Waals surface area contributed by atoms with E-state index in [9.17, 15) is 0 Å². The van der Waals surface area contributed by atoms with Crippen molar-refractivity contribution in [3.05, 3.63) is 255 Å². The van der Waals surface area contributed by atoms with Crippen LogP contribution in [0.25, 0.3) is 75.5 Å². The van der Waals surface area contributed by atoms with Crippen LogP contribution in [0, 0.1) is 0 Å². The minimum Gasteiger partial charge on any atom is -0.310 e. The summed E-state index contributed by atoms with van der Waals surface area (Å²) in [5, 5.41) is 5.08. The number of hydrogen-bond acceptors (Lipinski definition) is 4. The highest BCUT2D eigenvalue weighted by molar-refractivity contribution is 7.99. The van der Waals surface area contributed by atoms with Crippen molar-refractivity contribution in [2.24, 2.45) is 0 Å². The Morgan fingerprint density at radius 1 is 0.338 bits per heavy atom. The zero-order chi connectivity index (χ0) is 45.0. The molecule has 4 heteroatoms. The largest absolute Gasteiger partial charge is 0.310 e. The molecule has 0 amide bonds. The molecule has 1 aliphatic heterocycles. The SMILES string of the molecule is c1ccc(-c2ccc(-c3ccc4c(c3)Sc3cc(N(c5ccccc5)c5cccc6ccccc56)ccc3N4c3ccc(-c4ccc(-c5cccc6c5sc5ccccc56)cc4)cc3)cc2)cc1. The predicted molar refractivity (Wildman–Crippen MR) is 292 cm³/mol. The second kappa shape index (κ2) is 16.9. The Morgan fingerprint density at radius 3 is 1.62 bits per heavy atom. The average molecular weight is 903 g/mol. The van der Waals surface area contributed by atoms with E-state index in [0.29, 0.717) is 0 Å². The third kappa shape index (κ3) is 7.14. The van der Waals surface area contributed by atoms with Gasteiger partial charge in [0.2, 0.25) is 0 Å². The molecular weight excluding hydrogens is 861 g/mol. The van der Waals surface area contributed by atoms with Gasteiger partial charge >= 0.3 is 0 Å². The van der Waals surface area contributed by atoms with Gasteiger partial charge in [-0.25, -0.2) is 0 Å². The van der Waals surface area contributed by atoms with E-state index in [2.05, 4.69) is 265 Å². The lowest BCUT2D eigenvalue weighted by atomic mass is 9.98. The normalized spacial score (nSPS) is 12.0. The van der Waals surface area contributed by atoms with Crippen LogP contribution < -0.4 is 9.80 Å². The molecule has 0 saturated heterocycles. The average Bonchev–Trinajstić information content (AvgIpc) is 3.80. The summed E-state index contributed by atoms with van der Waals surface area (Å²) in [5.41, 5.74) is 16.5. The molecule has 0 radical (unpaired) electrons. The van der Waals surface area contributed by atoms with Crippen LogP contribution in [-0.2, 0) is 0 Å². The van der Waals surface area contributed by atoms with E-state index in [0.717, 1.165) is 28.4 Å². The van der Waals surface area contributed by atoms with Gasteiger partial charge in [0.05, 0.1) is 17.1 Å². The molecule has 11 aromatic carbocycles. The maximum absolute atomic E-state index is 2.44. The molecule has 0 atom stereocenters. The monoisotopic (exact) mass is 902 g/mol. The van der Waals surface area contributed by atoms with Gasteiger partial charge in [0, 0.05) is 52.4 Å². The van der Waals surface area contributed by atoms with Crippen LogP contribution in [0.15, 0.2) is 265 Å². The summed E-state index contributed by atoms with van der Waals surface area (Å²) in [6, 6.07) is 93.1. The fraction of sp³-hybridized carbons (Fsp3) is 0. The van der Waals surface area contributed by atoms with Crippen molar-refractivity contribution in [1.82, 2.24) is 0 Å². The van der Waals surface area contributed by atoms with Crippen LogP contribution in [0.3, 0.4) is 0 Å². The standard InChI is InChI=1S/C64H42N2S2/c1-3-13-43(14-4-1)44-25-27-47(28-26-44)50-35-39-59-62(41-50)67-63-42-53(65(51-17-5-2-6-18-51)58-23-11-16-48-15-7-8-19-54(48)58)38-40-60(63)66(59)52-36-33-46(34-37-52)45-29-31-49(32-30-45)55-21-12-22-57-56-20-9-10-24-61(56)68-64(55)57/h1-42H. The summed E-state index contributed by atoms with van der Waals surface area (Å²) >= 11 is 3.73. The smallest absolute Gasteiger partial charge is 0.0603 e. The molecular formula is C64H42N2S2. The van der Waals surface area contributed by atoms with Gasteiger partial charge in [-0.3, -0.25) is 0 Å². The van der Waals surface area contributed by atoms with Gasteiger partial charge in [0.15, 0.2) is 0 Å². The molecule has 68 heavy (non-hydrogen) atoms. The van der Waals surface area contributed by atoms with Crippen LogP contribution in [0.4, 0.5) is 34.1 Å². The fourth-order valence-corrected chi connectivity index (χ4v) is 12.3. The molecule has 2 heterocycles. The molecule has 1 aliphatic rings. The highest BCUT2D eigenvalue weighted by atomic mass is 32.2.